The molecule has 1 saturated carbocycles. The van der Waals surface area contributed by atoms with Crippen molar-refractivity contribution in [3.05, 3.63) is 22.6 Å². The summed E-state index contributed by atoms with van der Waals surface area (Å²) in [6.07, 6.45) is 2.44. The first kappa shape index (κ1) is 10.8. The van der Waals surface area contributed by atoms with Gasteiger partial charge in [0, 0.05) is 24.2 Å². The molecule has 2 atom stereocenters. The highest BCUT2D eigenvalue weighted by Gasteiger charge is 2.51. The molecule has 1 N–H and O–H groups in total. The maximum absolute atomic E-state index is 13.4. The molecule has 0 spiro atoms. The van der Waals surface area contributed by atoms with Crippen molar-refractivity contribution in [3.63, 3.8) is 0 Å². The molecule has 2 rings (SSSR count). The average molecular weight is 275 g/mol. The van der Waals surface area contributed by atoms with E-state index in [0.717, 1.165) is 6.42 Å². The predicted octanol–water partition coefficient (Wildman–Crippen LogP) is 2.57. The lowest BCUT2D eigenvalue weighted by molar-refractivity contribution is 0.0935. The van der Waals surface area contributed by atoms with Gasteiger partial charge in [-0.25, -0.2) is 9.37 Å². The third-order valence-electron chi connectivity index (χ3n) is 2.77. The predicted molar refractivity (Wildman–Crippen MR) is 59.3 cm³/mol. The van der Waals surface area contributed by atoms with Gasteiger partial charge in [-0.15, -0.1) is 0 Å². The Morgan fingerprint density at radius 1 is 1.73 bits per heavy atom. The van der Waals surface area contributed by atoms with E-state index in [0.29, 0.717) is 4.47 Å². The molecule has 15 heavy (non-hydrogen) atoms. The first-order valence-corrected chi connectivity index (χ1v) is 5.47. The van der Waals surface area contributed by atoms with Gasteiger partial charge in [-0.3, -0.25) is 0 Å². The molecule has 1 aromatic rings. The van der Waals surface area contributed by atoms with E-state index in [1.165, 1.54) is 6.07 Å². The maximum Gasteiger partial charge on any atom is 0.166 e. The van der Waals surface area contributed by atoms with Crippen LogP contribution in [0.25, 0.3) is 0 Å². The Bertz CT molecular complexity index is 388. The highest BCUT2D eigenvalue weighted by atomic mass is 79.9. The number of ether oxygens (including phenoxy) is 1. The Hall–Kier alpha value is -0.680. The highest BCUT2D eigenvalue weighted by molar-refractivity contribution is 9.10. The highest BCUT2D eigenvalue weighted by Crippen LogP contribution is 2.41. The third kappa shape index (κ3) is 2.13. The van der Waals surface area contributed by atoms with Gasteiger partial charge in [0.25, 0.3) is 0 Å². The fourth-order valence-corrected chi connectivity index (χ4v) is 1.76. The molecule has 3 nitrogen and oxygen atoms in total. The number of nitrogens with zero attached hydrogens (tertiary/aromatic N) is 1. The van der Waals surface area contributed by atoms with Crippen LogP contribution in [0.3, 0.4) is 0 Å². The van der Waals surface area contributed by atoms with E-state index >= 15 is 0 Å². The van der Waals surface area contributed by atoms with Crippen molar-refractivity contribution in [2.45, 2.75) is 25.0 Å². The third-order valence-corrected chi connectivity index (χ3v) is 3.21. The minimum atomic E-state index is -0.352. The van der Waals surface area contributed by atoms with Gasteiger partial charge in [-0.05, 0) is 28.9 Å². The first-order chi connectivity index (χ1) is 7.05. The number of hydrogen-bond acceptors (Lipinski definition) is 3. The van der Waals surface area contributed by atoms with E-state index in [4.69, 9.17) is 4.74 Å². The number of rotatable bonds is 3. The molecule has 82 valence electrons. The van der Waals surface area contributed by atoms with Crippen LogP contribution in [-0.2, 0) is 4.74 Å². The van der Waals surface area contributed by atoms with Gasteiger partial charge in [0.15, 0.2) is 11.6 Å². The fraction of sp³-hybridized carbons (Fsp3) is 0.500. The number of halogens is 2. The Balaban J connectivity index is 2.07. The van der Waals surface area contributed by atoms with Gasteiger partial charge in [0.2, 0.25) is 0 Å². The quantitative estimate of drug-likeness (QED) is 0.920. The van der Waals surface area contributed by atoms with Gasteiger partial charge in [0.1, 0.15) is 0 Å². The fourth-order valence-electron chi connectivity index (χ4n) is 1.46. The zero-order chi connectivity index (χ0) is 11.1. The van der Waals surface area contributed by atoms with Gasteiger partial charge in [-0.1, -0.05) is 0 Å². The smallest absolute Gasteiger partial charge is 0.166 e. The average Bonchev–Trinajstić information content (AvgIpc) is 2.83. The Kier molecular flexibility index (Phi) is 2.68. The summed E-state index contributed by atoms with van der Waals surface area (Å²) in [6.45, 7) is 1.99. The van der Waals surface area contributed by atoms with Gasteiger partial charge < -0.3 is 10.1 Å². The van der Waals surface area contributed by atoms with E-state index in [9.17, 15) is 4.39 Å². The summed E-state index contributed by atoms with van der Waals surface area (Å²) in [5.41, 5.74) is -0.179. The number of anilines is 1. The van der Waals surface area contributed by atoms with Crippen LogP contribution in [0.2, 0.25) is 0 Å². The zero-order valence-electron chi connectivity index (χ0n) is 8.55. The Morgan fingerprint density at radius 2 is 2.47 bits per heavy atom. The molecule has 1 aromatic heterocycles. The monoisotopic (exact) mass is 274 g/mol. The first-order valence-electron chi connectivity index (χ1n) is 4.68. The summed E-state index contributed by atoms with van der Waals surface area (Å²) in [5, 5.41) is 3.02. The van der Waals surface area contributed by atoms with Crippen molar-refractivity contribution >= 4 is 21.7 Å². The standard InChI is InChI=1S/C10H12BrFN2O/c1-10(15-2)4-8(10)14-9-7(12)3-6(11)5-13-9/h3,5,8H,4H2,1-2H3,(H,13,14)/t8-,10+/m1/s1. The summed E-state index contributed by atoms with van der Waals surface area (Å²) in [4.78, 5) is 3.97. The van der Waals surface area contributed by atoms with Crippen molar-refractivity contribution in [3.8, 4) is 0 Å². The molecule has 1 heterocycles. The lowest BCUT2D eigenvalue weighted by atomic mass is 10.3. The lowest BCUT2D eigenvalue weighted by Crippen LogP contribution is -2.19. The van der Waals surface area contributed by atoms with Crippen LogP contribution in [0, 0.1) is 5.82 Å². The van der Waals surface area contributed by atoms with Crippen LogP contribution < -0.4 is 5.32 Å². The van der Waals surface area contributed by atoms with Crippen molar-refractivity contribution in [1.29, 1.82) is 0 Å². The van der Waals surface area contributed by atoms with E-state index in [-0.39, 0.29) is 23.3 Å². The molecule has 0 radical (unpaired) electrons. The van der Waals surface area contributed by atoms with Crippen molar-refractivity contribution in [2.24, 2.45) is 0 Å². The van der Waals surface area contributed by atoms with E-state index in [2.05, 4.69) is 26.2 Å². The number of aromatic nitrogens is 1. The van der Waals surface area contributed by atoms with Crippen LogP contribution in [-0.4, -0.2) is 23.7 Å². The van der Waals surface area contributed by atoms with Crippen LogP contribution in [0.15, 0.2) is 16.7 Å². The normalized spacial score (nSPS) is 28.9. The molecule has 1 aliphatic rings. The van der Waals surface area contributed by atoms with E-state index in [1.54, 1.807) is 13.3 Å². The summed E-state index contributed by atoms with van der Waals surface area (Å²) in [6, 6.07) is 1.53. The number of pyridine rings is 1. The molecular formula is C10H12BrFN2O. The minimum Gasteiger partial charge on any atom is -0.376 e. The van der Waals surface area contributed by atoms with E-state index in [1.807, 2.05) is 6.92 Å². The lowest BCUT2D eigenvalue weighted by Gasteiger charge is -2.10. The zero-order valence-corrected chi connectivity index (χ0v) is 10.1. The van der Waals surface area contributed by atoms with Crippen molar-refractivity contribution in [1.82, 2.24) is 4.98 Å². The second-order valence-corrected chi connectivity index (χ2v) is 4.82. The summed E-state index contributed by atoms with van der Waals surface area (Å²) >= 11 is 3.16. The Labute approximate surface area is 96.2 Å². The van der Waals surface area contributed by atoms with Gasteiger partial charge in [-0.2, -0.15) is 0 Å². The van der Waals surface area contributed by atoms with Crippen LogP contribution >= 0.6 is 15.9 Å². The van der Waals surface area contributed by atoms with Crippen molar-refractivity contribution in [2.75, 3.05) is 12.4 Å². The van der Waals surface area contributed by atoms with E-state index < -0.39 is 0 Å². The van der Waals surface area contributed by atoms with Crippen LogP contribution in [0.5, 0.6) is 0 Å². The molecule has 0 aromatic carbocycles. The molecule has 0 bridgehead atoms. The van der Waals surface area contributed by atoms with Crippen LogP contribution in [0.1, 0.15) is 13.3 Å². The summed E-state index contributed by atoms with van der Waals surface area (Å²) in [7, 11) is 1.66. The molecule has 0 aliphatic heterocycles. The molecule has 0 unspecified atom stereocenters. The van der Waals surface area contributed by atoms with Crippen molar-refractivity contribution < 1.29 is 9.13 Å². The maximum atomic E-state index is 13.4. The van der Waals surface area contributed by atoms with Crippen LogP contribution in [0.4, 0.5) is 10.2 Å². The molecule has 5 heteroatoms. The largest absolute Gasteiger partial charge is 0.376 e. The molecule has 1 aliphatic carbocycles. The van der Waals surface area contributed by atoms with Gasteiger partial charge in [0.05, 0.1) is 11.6 Å². The second kappa shape index (κ2) is 3.72. The summed E-state index contributed by atoms with van der Waals surface area (Å²) in [5.74, 6) is -0.0706. The summed E-state index contributed by atoms with van der Waals surface area (Å²) < 4.78 is 19.3. The molecular weight excluding hydrogens is 263 g/mol. The topological polar surface area (TPSA) is 34.1 Å². The molecule has 0 amide bonds. The Morgan fingerprint density at radius 3 is 3.00 bits per heavy atom. The number of methoxy groups -OCH3 is 1. The molecule has 1 fully saturated rings. The number of hydrogen-bond donors (Lipinski definition) is 1. The number of nitrogens with one attached hydrogen (secondary N) is 1. The second-order valence-electron chi connectivity index (χ2n) is 3.90. The SMILES string of the molecule is CO[C@@]1(C)C[C@H]1Nc1ncc(Br)cc1F. The van der Waals surface area contributed by atoms with Gasteiger partial charge >= 0.3 is 0 Å². The minimum absolute atomic E-state index is 0.144. The molecule has 0 saturated heterocycles.